The van der Waals surface area contributed by atoms with E-state index >= 15 is 0 Å². The van der Waals surface area contributed by atoms with E-state index in [0.29, 0.717) is 0 Å². The van der Waals surface area contributed by atoms with Gasteiger partial charge in [0.15, 0.2) is 0 Å². The van der Waals surface area contributed by atoms with Gasteiger partial charge in [-0.3, -0.25) is 4.55 Å². The Morgan fingerprint density at radius 2 is 2.22 bits per heavy atom. The zero-order valence-electron chi connectivity index (χ0n) is 4.57. The SMILES string of the molecule is C=C(N)COS(=O)(=O)O. The Morgan fingerprint density at radius 1 is 1.78 bits per heavy atom. The Hall–Kier alpha value is -0.590. The lowest BCUT2D eigenvalue weighted by Crippen LogP contribution is -2.10. The molecule has 0 atom stereocenters. The van der Waals surface area contributed by atoms with Crippen LogP contribution in [0.3, 0.4) is 0 Å². The van der Waals surface area contributed by atoms with Crippen LogP contribution in [0.1, 0.15) is 0 Å². The smallest absolute Gasteiger partial charge is 0.397 e. The zero-order valence-corrected chi connectivity index (χ0v) is 5.39. The number of rotatable bonds is 3. The third-order valence-corrected chi connectivity index (χ3v) is 0.809. The van der Waals surface area contributed by atoms with Crippen LogP contribution in [-0.2, 0) is 14.6 Å². The highest BCUT2D eigenvalue weighted by Gasteiger charge is 2.02. The predicted molar refractivity (Wildman–Crippen MR) is 30.8 cm³/mol. The molecule has 0 aliphatic heterocycles. The number of hydrogen-bond donors (Lipinski definition) is 2. The van der Waals surface area contributed by atoms with Crippen molar-refractivity contribution < 1.29 is 17.2 Å². The van der Waals surface area contributed by atoms with Gasteiger partial charge in [0, 0.05) is 5.70 Å². The fraction of sp³-hybridized carbons (Fsp3) is 0.333. The standard InChI is InChI=1S/C3H7NO4S/c1-3(4)2-8-9(5,6)7/h1-2,4H2,(H,5,6,7). The molecule has 6 heteroatoms. The number of nitrogens with two attached hydrogens (primary N) is 1. The van der Waals surface area contributed by atoms with Crippen LogP contribution in [0, 0.1) is 0 Å². The van der Waals surface area contributed by atoms with E-state index in [0.717, 1.165) is 0 Å². The Morgan fingerprint density at radius 3 is 2.33 bits per heavy atom. The summed E-state index contributed by atoms with van der Waals surface area (Å²) < 4.78 is 31.3. The quantitative estimate of drug-likeness (QED) is 0.522. The van der Waals surface area contributed by atoms with Crippen molar-refractivity contribution in [1.82, 2.24) is 0 Å². The summed E-state index contributed by atoms with van der Waals surface area (Å²) in [4.78, 5) is 0. The second-order valence-corrected chi connectivity index (χ2v) is 2.44. The minimum Gasteiger partial charge on any atom is -0.401 e. The van der Waals surface area contributed by atoms with Gasteiger partial charge in [0.05, 0.1) is 0 Å². The molecule has 5 nitrogen and oxygen atoms in total. The van der Waals surface area contributed by atoms with E-state index in [1.165, 1.54) is 0 Å². The molecule has 0 aliphatic rings. The van der Waals surface area contributed by atoms with Crippen LogP contribution < -0.4 is 5.73 Å². The molecular formula is C3H7NO4S. The van der Waals surface area contributed by atoms with Crippen molar-refractivity contribution >= 4 is 10.4 Å². The average Bonchev–Trinajstić information content (AvgIpc) is 1.59. The first-order valence-electron chi connectivity index (χ1n) is 1.97. The van der Waals surface area contributed by atoms with Gasteiger partial charge in [0.1, 0.15) is 6.61 Å². The van der Waals surface area contributed by atoms with Crippen molar-refractivity contribution in [2.75, 3.05) is 6.61 Å². The third kappa shape index (κ3) is 7.41. The van der Waals surface area contributed by atoms with Crippen molar-refractivity contribution in [3.63, 3.8) is 0 Å². The molecule has 0 aromatic carbocycles. The highest BCUT2D eigenvalue weighted by atomic mass is 32.3. The Labute approximate surface area is 53.1 Å². The van der Waals surface area contributed by atoms with Crippen molar-refractivity contribution in [2.24, 2.45) is 5.73 Å². The molecule has 0 saturated carbocycles. The Kier molecular flexibility index (Phi) is 2.63. The molecule has 0 saturated heterocycles. The molecule has 0 bridgehead atoms. The van der Waals surface area contributed by atoms with Gasteiger partial charge in [0.2, 0.25) is 0 Å². The molecular weight excluding hydrogens is 146 g/mol. The van der Waals surface area contributed by atoms with E-state index in [1.807, 2.05) is 0 Å². The van der Waals surface area contributed by atoms with Gasteiger partial charge in [-0.15, -0.1) is 0 Å². The molecule has 0 aliphatic carbocycles. The zero-order chi connectivity index (χ0) is 7.49. The maximum atomic E-state index is 9.77. The van der Waals surface area contributed by atoms with Gasteiger partial charge in [-0.05, 0) is 0 Å². The van der Waals surface area contributed by atoms with Gasteiger partial charge in [-0.2, -0.15) is 8.42 Å². The minimum absolute atomic E-state index is 0.0348. The molecule has 0 rings (SSSR count). The first-order chi connectivity index (χ1) is 3.92. The van der Waals surface area contributed by atoms with Crippen LogP contribution in [-0.4, -0.2) is 19.6 Å². The van der Waals surface area contributed by atoms with E-state index in [1.54, 1.807) is 0 Å². The molecule has 0 spiro atoms. The molecule has 0 radical (unpaired) electrons. The van der Waals surface area contributed by atoms with E-state index < -0.39 is 17.0 Å². The molecule has 0 unspecified atom stereocenters. The lowest BCUT2D eigenvalue weighted by molar-refractivity contribution is 0.289. The monoisotopic (exact) mass is 153 g/mol. The minimum atomic E-state index is -4.36. The van der Waals surface area contributed by atoms with Crippen LogP contribution in [0.25, 0.3) is 0 Å². The first-order valence-corrected chi connectivity index (χ1v) is 3.33. The lowest BCUT2D eigenvalue weighted by Gasteiger charge is -1.95. The summed E-state index contributed by atoms with van der Waals surface area (Å²) in [6.07, 6.45) is 0. The molecule has 0 aromatic heterocycles. The van der Waals surface area contributed by atoms with Gasteiger partial charge >= 0.3 is 10.4 Å². The molecule has 0 aromatic rings. The average molecular weight is 153 g/mol. The molecule has 0 heterocycles. The summed E-state index contributed by atoms with van der Waals surface area (Å²) in [5.41, 5.74) is 4.94. The van der Waals surface area contributed by atoms with E-state index in [4.69, 9.17) is 10.3 Å². The molecule has 9 heavy (non-hydrogen) atoms. The maximum absolute atomic E-state index is 9.77. The normalized spacial score (nSPS) is 11.2. The van der Waals surface area contributed by atoms with E-state index in [2.05, 4.69) is 10.8 Å². The van der Waals surface area contributed by atoms with Crippen LogP contribution in [0.4, 0.5) is 0 Å². The summed E-state index contributed by atoms with van der Waals surface area (Å²) in [5.74, 6) is 0. The largest absolute Gasteiger partial charge is 0.401 e. The fourth-order valence-electron chi connectivity index (χ4n) is 0.150. The topological polar surface area (TPSA) is 89.6 Å². The second kappa shape index (κ2) is 2.81. The van der Waals surface area contributed by atoms with Crippen LogP contribution >= 0.6 is 0 Å². The van der Waals surface area contributed by atoms with Crippen molar-refractivity contribution in [1.29, 1.82) is 0 Å². The summed E-state index contributed by atoms with van der Waals surface area (Å²) >= 11 is 0. The molecule has 54 valence electrons. The lowest BCUT2D eigenvalue weighted by atomic mass is 10.6. The summed E-state index contributed by atoms with van der Waals surface area (Å²) in [6, 6.07) is 0. The fourth-order valence-corrected chi connectivity index (χ4v) is 0.450. The van der Waals surface area contributed by atoms with Crippen LogP contribution in [0.15, 0.2) is 12.3 Å². The maximum Gasteiger partial charge on any atom is 0.397 e. The molecule has 3 N–H and O–H groups in total. The third-order valence-electron chi connectivity index (χ3n) is 0.393. The Bertz CT molecular complexity index is 194. The van der Waals surface area contributed by atoms with Crippen molar-refractivity contribution in [2.45, 2.75) is 0 Å². The summed E-state index contributed by atoms with van der Waals surface area (Å²) in [7, 11) is -4.36. The van der Waals surface area contributed by atoms with Gasteiger partial charge < -0.3 is 5.73 Å². The van der Waals surface area contributed by atoms with Crippen molar-refractivity contribution in [3.8, 4) is 0 Å². The van der Waals surface area contributed by atoms with Crippen LogP contribution in [0.2, 0.25) is 0 Å². The molecule has 0 fully saturated rings. The van der Waals surface area contributed by atoms with E-state index in [-0.39, 0.29) is 5.70 Å². The highest BCUT2D eigenvalue weighted by molar-refractivity contribution is 7.80. The van der Waals surface area contributed by atoms with Crippen LogP contribution in [0.5, 0.6) is 0 Å². The van der Waals surface area contributed by atoms with Gasteiger partial charge in [-0.25, -0.2) is 4.18 Å². The van der Waals surface area contributed by atoms with Crippen molar-refractivity contribution in [3.05, 3.63) is 12.3 Å². The summed E-state index contributed by atoms with van der Waals surface area (Å²) in [5, 5.41) is 0. The van der Waals surface area contributed by atoms with Gasteiger partial charge in [-0.1, -0.05) is 6.58 Å². The summed E-state index contributed by atoms with van der Waals surface area (Å²) in [6.45, 7) is 2.75. The second-order valence-electron chi connectivity index (χ2n) is 1.35. The first kappa shape index (κ1) is 8.41. The van der Waals surface area contributed by atoms with E-state index in [9.17, 15) is 8.42 Å². The highest BCUT2D eigenvalue weighted by Crippen LogP contribution is 1.87. The Balaban J connectivity index is 3.67. The van der Waals surface area contributed by atoms with Gasteiger partial charge in [0.25, 0.3) is 0 Å². The number of hydrogen-bond acceptors (Lipinski definition) is 4. The predicted octanol–water partition coefficient (Wildman–Crippen LogP) is -0.722. The molecule has 0 amide bonds.